The quantitative estimate of drug-likeness (QED) is 0.631. The first kappa shape index (κ1) is 12.6. The lowest BCUT2D eigenvalue weighted by Gasteiger charge is -1.92. The van der Waals surface area contributed by atoms with Crippen molar-refractivity contribution >= 4 is 19.2 Å². The predicted molar refractivity (Wildman–Crippen MR) is 50.6 cm³/mol. The lowest BCUT2D eigenvalue weighted by atomic mass is 10.4. The molecule has 0 amide bonds. The fourth-order valence-electron chi connectivity index (χ4n) is 0.415. The number of hydrogen-bond acceptors (Lipinski definition) is 2. The van der Waals surface area contributed by atoms with E-state index in [1.807, 2.05) is 30.3 Å². The maximum Gasteiger partial charge on any atom is 0.350 e. The zero-order valence-electron chi connectivity index (χ0n) is 6.67. The van der Waals surface area contributed by atoms with Gasteiger partial charge in [0.1, 0.15) is 6.35 Å². The molecule has 0 aliphatic carbocycles. The Morgan fingerprint density at radius 2 is 1.62 bits per heavy atom. The number of aliphatic hydroxyl groups is 1. The molecule has 0 aliphatic rings. The van der Waals surface area contributed by atoms with Crippen LogP contribution in [0, 0.1) is 0 Å². The summed E-state index contributed by atoms with van der Waals surface area (Å²) in [5.41, 5.74) is 0. The first-order valence-corrected chi connectivity index (χ1v) is 5.49. The normalized spacial score (nSPS) is 10.2. The molecule has 6 heteroatoms. The van der Waals surface area contributed by atoms with Crippen LogP contribution in [0.4, 0.5) is 0 Å². The van der Waals surface area contributed by atoms with Gasteiger partial charge in [-0.25, -0.2) is 0 Å². The molecule has 0 fully saturated rings. The third kappa shape index (κ3) is 9.53. The molecule has 4 nitrogen and oxygen atoms in total. The van der Waals surface area contributed by atoms with Gasteiger partial charge in [-0.05, 0) is 12.1 Å². The zero-order chi connectivity index (χ0) is 10.3. The summed E-state index contributed by atoms with van der Waals surface area (Å²) in [5, 5.41) is 8.43. The topological polar surface area (TPSA) is 77.8 Å². The fraction of sp³-hybridized carbons (Fsp3) is 0.143. The number of benzene rings is 1. The zero-order valence-corrected chi connectivity index (χ0v) is 8.32. The maximum atomic E-state index is 9.44. The minimum atomic E-state index is -4.09. The van der Waals surface area contributed by atoms with Crippen molar-refractivity contribution < 1.29 is 19.5 Å². The van der Waals surface area contributed by atoms with Crippen molar-refractivity contribution in [1.82, 2.24) is 0 Å². The molecule has 0 saturated heterocycles. The Bertz CT molecular complexity index is 271. The van der Waals surface area contributed by atoms with Gasteiger partial charge in [0.05, 0.1) is 0 Å². The molecule has 74 valence electrons. The molecule has 0 heterocycles. The van der Waals surface area contributed by atoms with Crippen molar-refractivity contribution in [1.29, 1.82) is 0 Å². The third-order valence-corrected chi connectivity index (χ3v) is 1.54. The van der Waals surface area contributed by atoms with Gasteiger partial charge >= 0.3 is 7.60 Å². The van der Waals surface area contributed by atoms with E-state index in [9.17, 15) is 4.57 Å². The first-order valence-electron chi connectivity index (χ1n) is 3.31. The van der Waals surface area contributed by atoms with Crippen molar-refractivity contribution in [3.8, 4) is 0 Å². The summed E-state index contributed by atoms with van der Waals surface area (Å²) in [4.78, 5) is 15.4. The van der Waals surface area contributed by atoms with Gasteiger partial charge in [0.25, 0.3) is 0 Å². The van der Waals surface area contributed by atoms with E-state index in [4.69, 9.17) is 26.5 Å². The van der Waals surface area contributed by atoms with E-state index < -0.39 is 13.9 Å². The lowest BCUT2D eigenvalue weighted by Crippen LogP contribution is -1.81. The molecule has 0 aliphatic heterocycles. The largest absolute Gasteiger partial charge is 0.384 e. The molecule has 0 atom stereocenters. The van der Waals surface area contributed by atoms with Crippen LogP contribution >= 0.6 is 19.2 Å². The van der Waals surface area contributed by atoms with Gasteiger partial charge in [-0.3, -0.25) is 4.57 Å². The van der Waals surface area contributed by atoms with Crippen LogP contribution in [0.2, 0.25) is 5.02 Å². The van der Waals surface area contributed by atoms with Crippen LogP contribution in [0.25, 0.3) is 0 Å². The molecule has 13 heavy (non-hydrogen) atoms. The number of halogens is 1. The van der Waals surface area contributed by atoms with Gasteiger partial charge in [-0.15, -0.1) is 0 Å². The highest BCUT2D eigenvalue weighted by Crippen LogP contribution is 2.31. The van der Waals surface area contributed by atoms with E-state index >= 15 is 0 Å². The highest BCUT2D eigenvalue weighted by molar-refractivity contribution is 7.51. The Hall–Kier alpha value is -0.380. The van der Waals surface area contributed by atoms with E-state index in [1.165, 1.54) is 0 Å². The molecule has 0 unspecified atom stereocenters. The second-order valence-corrected chi connectivity index (χ2v) is 4.15. The molecule has 3 N–H and O–H groups in total. The summed E-state index contributed by atoms with van der Waals surface area (Å²) in [6.07, 6.45) is -1.06. The summed E-state index contributed by atoms with van der Waals surface area (Å²) >= 11 is 5.54. The molecular weight excluding hydrogens is 214 g/mol. The predicted octanol–water partition coefficient (Wildman–Crippen LogP) is 1.45. The van der Waals surface area contributed by atoms with Crippen LogP contribution in [0.15, 0.2) is 30.3 Å². The Labute approximate surface area is 81.0 Å². The third-order valence-electron chi connectivity index (χ3n) is 0.917. The van der Waals surface area contributed by atoms with Crippen LogP contribution in [-0.4, -0.2) is 21.2 Å². The summed E-state index contributed by atoms with van der Waals surface area (Å²) in [6, 6.07) is 9.44. The maximum absolute atomic E-state index is 9.44. The summed E-state index contributed by atoms with van der Waals surface area (Å²) in [5.74, 6) is 0. The van der Waals surface area contributed by atoms with Gasteiger partial charge in [0.15, 0.2) is 0 Å². The highest BCUT2D eigenvalue weighted by Gasteiger charge is 2.07. The van der Waals surface area contributed by atoms with Gasteiger partial charge in [-0.2, -0.15) is 0 Å². The molecule has 1 rings (SSSR count). The summed E-state index contributed by atoms with van der Waals surface area (Å²) in [6.45, 7) is 0. The van der Waals surface area contributed by atoms with Crippen LogP contribution < -0.4 is 0 Å². The van der Waals surface area contributed by atoms with Crippen molar-refractivity contribution in [3.63, 3.8) is 0 Å². The van der Waals surface area contributed by atoms with Crippen LogP contribution in [0.3, 0.4) is 0 Å². The smallest absolute Gasteiger partial charge is 0.350 e. The monoisotopic (exact) mass is 224 g/mol. The van der Waals surface area contributed by atoms with Crippen LogP contribution in [0.5, 0.6) is 0 Å². The average Bonchev–Trinajstić information content (AvgIpc) is 2.06. The van der Waals surface area contributed by atoms with Crippen LogP contribution in [-0.2, 0) is 4.57 Å². The Morgan fingerprint density at radius 1 is 1.23 bits per heavy atom. The van der Waals surface area contributed by atoms with E-state index in [1.54, 1.807) is 0 Å². The molecule has 1 aromatic rings. The Morgan fingerprint density at radius 3 is 1.77 bits per heavy atom. The molecular formula is C7H10ClO4P. The summed E-state index contributed by atoms with van der Waals surface area (Å²) in [7, 11) is -4.09. The Balaban J connectivity index is 0.000000226. The molecule has 0 saturated carbocycles. The van der Waals surface area contributed by atoms with Crippen molar-refractivity contribution in [2.75, 3.05) is 6.35 Å². The molecule has 0 spiro atoms. The van der Waals surface area contributed by atoms with E-state index in [2.05, 4.69) is 0 Å². The summed E-state index contributed by atoms with van der Waals surface area (Å²) < 4.78 is 9.44. The van der Waals surface area contributed by atoms with Gasteiger partial charge in [-0.1, -0.05) is 29.8 Å². The minimum absolute atomic E-state index is 0.794. The standard InChI is InChI=1S/C6H5Cl.CH5O4P/c7-6-4-2-1-3-5-6;2-1-6(3,4)5/h1-5H;2H,1H2,(H2,3,4,5). The van der Waals surface area contributed by atoms with Gasteiger partial charge < -0.3 is 14.9 Å². The minimum Gasteiger partial charge on any atom is -0.384 e. The number of hydrogen-bond donors (Lipinski definition) is 3. The molecule has 0 radical (unpaired) electrons. The van der Waals surface area contributed by atoms with Gasteiger partial charge in [0.2, 0.25) is 0 Å². The lowest BCUT2D eigenvalue weighted by molar-refractivity contribution is 0.287. The van der Waals surface area contributed by atoms with Crippen molar-refractivity contribution in [2.24, 2.45) is 0 Å². The average molecular weight is 225 g/mol. The first-order chi connectivity index (χ1) is 5.95. The van der Waals surface area contributed by atoms with Gasteiger partial charge in [0, 0.05) is 5.02 Å². The highest BCUT2D eigenvalue weighted by atomic mass is 35.5. The second kappa shape index (κ2) is 6.13. The van der Waals surface area contributed by atoms with E-state index in [-0.39, 0.29) is 0 Å². The molecule has 0 bridgehead atoms. The number of rotatable bonds is 1. The van der Waals surface area contributed by atoms with Crippen molar-refractivity contribution in [2.45, 2.75) is 0 Å². The molecule has 1 aromatic carbocycles. The SMILES string of the molecule is Clc1ccccc1.O=P(O)(O)CO. The fourth-order valence-corrected chi connectivity index (χ4v) is 0.560. The van der Waals surface area contributed by atoms with E-state index in [0.717, 1.165) is 5.02 Å². The second-order valence-electron chi connectivity index (χ2n) is 2.10. The molecule has 0 aromatic heterocycles. The number of aliphatic hydroxyl groups excluding tert-OH is 1. The van der Waals surface area contributed by atoms with E-state index in [0.29, 0.717) is 0 Å². The van der Waals surface area contributed by atoms with Crippen LogP contribution in [0.1, 0.15) is 0 Å². The van der Waals surface area contributed by atoms with Crippen molar-refractivity contribution in [3.05, 3.63) is 35.4 Å². The Kier molecular flexibility index (Phi) is 5.95.